The minimum absolute atomic E-state index is 0.706. The molecule has 4 heteroatoms. The van der Waals surface area contributed by atoms with Gasteiger partial charge in [0.25, 0.3) is 0 Å². The third-order valence-corrected chi connectivity index (χ3v) is 4.49. The molecule has 29 heavy (non-hydrogen) atoms. The molecule has 0 bridgehead atoms. The Morgan fingerprint density at radius 2 is 1.59 bits per heavy atom. The van der Waals surface area contributed by atoms with Gasteiger partial charge in [-0.15, -0.1) is 0 Å². The maximum Gasteiger partial charge on any atom is 0.126 e. The van der Waals surface area contributed by atoms with E-state index < -0.39 is 0 Å². The summed E-state index contributed by atoms with van der Waals surface area (Å²) < 4.78 is 0. The van der Waals surface area contributed by atoms with Gasteiger partial charge in [-0.3, -0.25) is 4.99 Å². The van der Waals surface area contributed by atoms with Crippen LogP contribution in [-0.4, -0.2) is 24.3 Å². The summed E-state index contributed by atoms with van der Waals surface area (Å²) in [5, 5.41) is 0.801. The van der Waals surface area contributed by atoms with Crippen LogP contribution in [0.1, 0.15) is 66.9 Å². The van der Waals surface area contributed by atoms with Gasteiger partial charge in [0, 0.05) is 12.1 Å². The van der Waals surface area contributed by atoms with Crippen molar-refractivity contribution < 1.29 is 0 Å². The zero-order chi connectivity index (χ0) is 23.0. The van der Waals surface area contributed by atoms with Crippen LogP contribution in [-0.2, 0) is 0 Å². The SMILES string of the molecule is C=C(CC)[C@H](C)CC.C=C1N=C(C)N=C(C)C1=NC.CC.Cc1ccc(Cl)cc1. The number of benzene rings is 1. The van der Waals surface area contributed by atoms with E-state index in [0.717, 1.165) is 34.6 Å². The second-order valence-corrected chi connectivity index (χ2v) is 6.93. The molecule has 3 nitrogen and oxygen atoms in total. The van der Waals surface area contributed by atoms with Gasteiger partial charge in [-0.1, -0.05) is 82.6 Å². The minimum Gasteiger partial charge on any atom is -0.285 e. The number of aryl methyl sites for hydroxylation is 1. The first kappa shape index (κ1) is 29.2. The lowest BCUT2D eigenvalue weighted by Gasteiger charge is -2.09. The average molecular weight is 418 g/mol. The van der Waals surface area contributed by atoms with Crippen molar-refractivity contribution in [1.29, 1.82) is 0 Å². The molecule has 1 aromatic rings. The lowest BCUT2D eigenvalue weighted by molar-refractivity contribution is 0.636. The highest BCUT2D eigenvalue weighted by Gasteiger charge is 2.11. The number of rotatable bonds is 3. The standard InChI is InChI=1S/C8H11N3.C8H16.C7H7Cl.C2H6/c1-5-8(9-4)6(2)11-7(3)10-5;1-5-7(3)8(4)6-2;1-6-2-4-7(8)5-3-6;1-2/h1H2,2-4H3;8H,3,5-6H2,1-2,4H3;2-5H,1H3;1-2H3/t;8-;;/m.1../s1. The van der Waals surface area contributed by atoms with Crippen molar-refractivity contribution in [2.45, 2.75) is 68.2 Å². The lowest BCUT2D eigenvalue weighted by Crippen LogP contribution is -2.18. The Bertz CT molecular complexity index is 689. The first-order valence-electron chi connectivity index (χ1n) is 10.3. The fourth-order valence-corrected chi connectivity index (χ4v) is 2.36. The largest absolute Gasteiger partial charge is 0.285 e. The van der Waals surface area contributed by atoms with Crippen LogP contribution in [0.5, 0.6) is 0 Å². The number of amidine groups is 1. The summed E-state index contributed by atoms with van der Waals surface area (Å²) >= 11 is 5.61. The summed E-state index contributed by atoms with van der Waals surface area (Å²) in [5.41, 5.74) is 5.03. The van der Waals surface area contributed by atoms with E-state index in [1.165, 1.54) is 17.6 Å². The van der Waals surface area contributed by atoms with Crippen molar-refractivity contribution in [3.05, 3.63) is 59.3 Å². The highest BCUT2D eigenvalue weighted by Crippen LogP contribution is 2.14. The number of aliphatic imine (C=N–C) groups is 3. The van der Waals surface area contributed by atoms with Crippen LogP contribution in [0.25, 0.3) is 0 Å². The van der Waals surface area contributed by atoms with Gasteiger partial charge in [0.1, 0.15) is 11.5 Å². The molecule has 0 aromatic heterocycles. The summed E-state index contributed by atoms with van der Waals surface area (Å²) in [5.74, 6) is 1.47. The van der Waals surface area contributed by atoms with E-state index >= 15 is 0 Å². The van der Waals surface area contributed by atoms with E-state index in [0.29, 0.717) is 5.70 Å². The molecule has 2 rings (SSSR count). The maximum atomic E-state index is 5.61. The minimum atomic E-state index is 0.706. The summed E-state index contributed by atoms with van der Waals surface area (Å²) in [6.45, 7) is 24.1. The van der Waals surface area contributed by atoms with Crippen molar-refractivity contribution in [3.8, 4) is 0 Å². The van der Waals surface area contributed by atoms with Gasteiger partial charge in [-0.25, -0.2) is 9.98 Å². The molecule has 0 saturated carbocycles. The van der Waals surface area contributed by atoms with Crippen LogP contribution in [0.4, 0.5) is 0 Å². The maximum absolute atomic E-state index is 5.61. The van der Waals surface area contributed by atoms with Crippen molar-refractivity contribution >= 4 is 28.9 Å². The van der Waals surface area contributed by atoms with Crippen LogP contribution < -0.4 is 0 Å². The molecule has 0 fully saturated rings. The van der Waals surface area contributed by atoms with Crippen molar-refractivity contribution in [2.24, 2.45) is 20.9 Å². The Labute approximate surface area is 184 Å². The Morgan fingerprint density at radius 1 is 1.07 bits per heavy atom. The summed E-state index contributed by atoms with van der Waals surface area (Å²) in [7, 11) is 1.72. The van der Waals surface area contributed by atoms with Crippen molar-refractivity contribution in [2.75, 3.05) is 7.05 Å². The first-order valence-corrected chi connectivity index (χ1v) is 10.7. The van der Waals surface area contributed by atoms with E-state index in [1.807, 2.05) is 58.9 Å². The quantitative estimate of drug-likeness (QED) is 0.445. The van der Waals surface area contributed by atoms with Gasteiger partial charge in [0.05, 0.1) is 11.4 Å². The number of nitrogens with zero attached hydrogens (tertiary/aromatic N) is 3. The first-order chi connectivity index (χ1) is 13.7. The van der Waals surface area contributed by atoms with Gasteiger partial charge < -0.3 is 0 Å². The molecular formula is C25H40ClN3. The van der Waals surface area contributed by atoms with Gasteiger partial charge >= 0.3 is 0 Å². The highest BCUT2D eigenvalue weighted by molar-refractivity contribution is 6.49. The molecule has 1 heterocycles. The fraction of sp³-hybridized carbons (Fsp3) is 0.480. The van der Waals surface area contributed by atoms with Crippen LogP contribution in [0.3, 0.4) is 0 Å². The molecule has 1 aliphatic heterocycles. The number of halogens is 1. The predicted molar refractivity (Wildman–Crippen MR) is 135 cm³/mol. The van der Waals surface area contributed by atoms with Gasteiger partial charge in [0.15, 0.2) is 0 Å². The number of hydrogen-bond donors (Lipinski definition) is 0. The molecule has 0 aliphatic carbocycles. The molecule has 0 N–H and O–H groups in total. The molecule has 0 unspecified atom stereocenters. The zero-order valence-corrected chi connectivity index (χ0v) is 20.7. The monoisotopic (exact) mass is 417 g/mol. The Kier molecular flexibility index (Phi) is 17.0. The average Bonchev–Trinajstić information content (AvgIpc) is 2.71. The normalized spacial score (nSPS) is 14.7. The summed E-state index contributed by atoms with van der Waals surface area (Å²) in [6, 6.07) is 7.75. The molecule has 1 aromatic carbocycles. The predicted octanol–water partition coefficient (Wildman–Crippen LogP) is 8.14. The smallest absolute Gasteiger partial charge is 0.126 e. The van der Waals surface area contributed by atoms with E-state index in [9.17, 15) is 0 Å². The van der Waals surface area contributed by atoms with E-state index in [4.69, 9.17) is 11.6 Å². The Hall–Kier alpha value is -2.00. The van der Waals surface area contributed by atoms with E-state index in [-0.39, 0.29) is 0 Å². The van der Waals surface area contributed by atoms with Gasteiger partial charge in [0.2, 0.25) is 0 Å². The fourth-order valence-electron chi connectivity index (χ4n) is 2.24. The van der Waals surface area contributed by atoms with Crippen molar-refractivity contribution in [1.82, 2.24) is 0 Å². The van der Waals surface area contributed by atoms with Crippen LogP contribution >= 0.6 is 11.6 Å². The molecule has 0 amide bonds. The summed E-state index contributed by atoms with van der Waals surface area (Å²) in [6.07, 6.45) is 2.36. The van der Waals surface area contributed by atoms with Gasteiger partial charge in [-0.05, 0) is 51.7 Å². The van der Waals surface area contributed by atoms with Crippen LogP contribution in [0.15, 0.2) is 63.7 Å². The van der Waals surface area contributed by atoms with E-state index in [2.05, 4.69) is 48.9 Å². The summed E-state index contributed by atoms with van der Waals surface area (Å²) in [4.78, 5) is 12.3. The molecule has 0 radical (unpaired) electrons. The van der Waals surface area contributed by atoms with Gasteiger partial charge in [-0.2, -0.15) is 0 Å². The van der Waals surface area contributed by atoms with Crippen LogP contribution in [0.2, 0.25) is 5.02 Å². The molecule has 162 valence electrons. The third kappa shape index (κ3) is 13.0. The second kappa shape index (κ2) is 16.9. The molecule has 0 saturated heterocycles. The zero-order valence-electron chi connectivity index (χ0n) is 19.9. The molecule has 1 aliphatic rings. The number of hydrogen-bond acceptors (Lipinski definition) is 3. The molecular weight excluding hydrogens is 378 g/mol. The van der Waals surface area contributed by atoms with Crippen LogP contribution in [0, 0.1) is 12.8 Å². The molecule has 0 spiro atoms. The number of allylic oxidation sites excluding steroid dienone is 2. The Morgan fingerprint density at radius 3 is 1.90 bits per heavy atom. The van der Waals surface area contributed by atoms with Crippen molar-refractivity contribution in [3.63, 3.8) is 0 Å². The Balaban J connectivity index is 0. The lowest BCUT2D eigenvalue weighted by atomic mass is 9.98. The van der Waals surface area contributed by atoms with E-state index in [1.54, 1.807) is 7.05 Å². The topological polar surface area (TPSA) is 37.1 Å². The molecule has 1 atom stereocenters. The third-order valence-electron chi connectivity index (χ3n) is 4.24. The second-order valence-electron chi connectivity index (χ2n) is 6.49. The highest BCUT2D eigenvalue weighted by atomic mass is 35.5.